The number of benzene rings is 2. The van der Waals surface area contributed by atoms with Gasteiger partial charge in [-0.2, -0.15) is 5.26 Å². The summed E-state index contributed by atoms with van der Waals surface area (Å²) in [5.41, 5.74) is 6.16. The predicted molar refractivity (Wildman–Crippen MR) is 166 cm³/mol. The highest BCUT2D eigenvalue weighted by Crippen LogP contribution is 2.45. The van der Waals surface area contributed by atoms with Gasteiger partial charge in [0.25, 0.3) is 0 Å². The molecule has 2 unspecified atom stereocenters. The number of aromatic nitrogens is 2. The van der Waals surface area contributed by atoms with E-state index in [1.807, 2.05) is 36.5 Å². The van der Waals surface area contributed by atoms with Gasteiger partial charge >= 0.3 is 6.03 Å². The minimum atomic E-state index is -0.107. The van der Waals surface area contributed by atoms with Crippen LogP contribution in [0.3, 0.4) is 0 Å². The third-order valence-corrected chi connectivity index (χ3v) is 9.05. The quantitative estimate of drug-likeness (QED) is 0.326. The first-order chi connectivity index (χ1) is 19.9. The van der Waals surface area contributed by atoms with E-state index in [1.54, 1.807) is 24.3 Å². The van der Waals surface area contributed by atoms with Crippen LogP contribution in [-0.2, 0) is 6.54 Å². The summed E-state index contributed by atoms with van der Waals surface area (Å²) in [6.45, 7) is 4.08. The second kappa shape index (κ2) is 11.6. The molecule has 3 aliphatic rings. The lowest BCUT2D eigenvalue weighted by Crippen LogP contribution is -2.45. The molecule has 41 heavy (non-hydrogen) atoms. The van der Waals surface area contributed by atoms with Crippen LogP contribution < -0.4 is 10.6 Å². The third-order valence-electron chi connectivity index (χ3n) is 8.36. The number of urea groups is 1. The van der Waals surface area contributed by atoms with Gasteiger partial charge < -0.3 is 20.1 Å². The molecule has 1 saturated heterocycles. The largest absolute Gasteiger partial charge is 0.383 e. The van der Waals surface area contributed by atoms with Crippen molar-refractivity contribution in [2.24, 2.45) is 5.92 Å². The fourth-order valence-corrected chi connectivity index (χ4v) is 6.82. The Balaban J connectivity index is 1.26. The minimum absolute atomic E-state index is 0.0813. The van der Waals surface area contributed by atoms with E-state index in [2.05, 4.69) is 66.5 Å². The summed E-state index contributed by atoms with van der Waals surface area (Å²) >= 11 is 10.2. The molecule has 3 aromatic rings. The molecular formula is C32H30BrClN6O. The Bertz CT molecular complexity index is 1610. The lowest BCUT2D eigenvalue weighted by molar-refractivity contribution is 0.169. The van der Waals surface area contributed by atoms with Crippen molar-refractivity contribution in [1.29, 1.82) is 5.26 Å². The number of hydrogen-bond donors (Lipinski definition) is 2. The van der Waals surface area contributed by atoms with Crippen molar-refractivity contribution in [2.45, 2.75) is 38.3 Å². The zero-order valence-corrected chi connectivity index (χ0v) is 25.0. The van der Waals surface area contributed by atoms with Crippen LogP contribution in [0.5, 0.6) is 0 Å². The number of carbonyl (C=O) groups is 1. The van der Waals surface area contributed by atoms with Gasteiger partial charge in [0, 0.05) is 59.3 Å². The normalized spacial score (nSPS) is 20.3. The van der Waals surface area contributed by atoms with E-state index in [4.69, 9.17) is 16.9 Å². The molecule has 0 spiro atoms. The number of anilines is 1. The van der Waals surface area contributed by atoms with Gasteiger partial charge in [-0.05, 0) is 112 Å². The van der Waals surface area contributed by atoms with E-state index >= 15 is 0 Å². The van der Waals surface area contributed by atoms with Crippen molar-refractivity contribution in [2.75, 3.05) is 18.4 Å². The first-order valence-electron chi connectivity index (χ1n) is 13.8. The summed E-state index contributed by atoms with van der Waals surface area (Å²) < 4.78 is 3.18. The molecule has 208 valence electrons. The maximum atomic E-state index is 13.1. The number of nitriles is 1. The number of nitrogens with one attached hydrogen (secondary N) is 2. The van der Waals surface area contributed by atoms with Crippen LogP contribution in [0.15, 0.2) is 82.8 Å². The van der Waals surface area contributed by atoms with Crippen molar-refractivity contribution in [3.05, 3.63) is 110 Å². The number of amides is 2. The zero-order valence-electron chi connectivity index (χ0n) is 22.6. The molecule has 2 aliphatic heterocycles. The molecule has 6 rings (SSSR count). The molecule has 1 fully saturated rings. The van der Waals surface area contributed by atoms with Crippen LogP contribution in [0.25, 0.3) is 6.08 Å². The molecule has 3 heterocycles. The number of aryl methyl sites for hydroxylation is 1. The highest BCUT2D eigenvalue weighted by atomic mass is 79.9. The number of likely N-dealkylation sites (tertiary alicyclic amines) is 1. The molecule has 2 N–H and O–H groups in total. The molecule has 2 amide bonds. The number of halogens is 2. The van der Waals surface area contributed by atoms with E-state index in [1.165, 1.54) is 16.7 Å². The molecule has 9 heteroatoms. The van der Waals surface area contributed by atoms with Crippen LogP contribution >= 0.6 is 27.5 Å². The van der Waals surface area contributed by atoms with Crippen molar-refractivity contribution in [1.82, 2.24) is 19.8 Å². The van der Waals surface area contributed by atoms with Crippen molar-refractivity contribution >= 4 is 45.3 Å². The summed E-state index contributed by atoms with van der Waals surface area (Å²) in [5, 5.41) is 16.5. The van der Waals surface area contributed by atoms with Gasteiger partial charge in [0.1, 0.15) is 5.82 Å². The summed E-state index contributed by atoms with van der Waals surface area (Å²) in [4.78, 5) is 19.4. The number of imidazole rings is 1. The Labute approximate surface area is 253 Å². The first kappa shape index (κ1) is 27.4. The van der Waals surface area contributed by atoms with Crippen molar-refractivity contribution in [3.8, 4) is 6.07 Å². The minimum Gasteiger partial charge on any atom is -0.383 e. The van der Waals surface area contributed by atoms with Gasteiger partial charge in [-0.25, -0.2) is 9.78 Å². The Morgan fingerprint density at radius 2 is 1.98 bits per heavy atom. The average molecular weight is 630 g/mol. The Hall–Kier alpha value is -3.80. The highest BCUT2D eigenvalue weighted by Gasteiger charge is 2.39. The number of rotatable bonds is 4. The highest BCUT2D eigenvalue weighted by molar-refractivity contribution is 9.11. The van der Waals surface area contributed by atoms with E-state index in [0.29, 0.717) is 36.8 Å². The van der Waals surface area contributed by atoms with Crippen LogP contribution in [-0.4, -0.2) is 39.6 Å². The summed E-state index contributed by atoms with van der Waals surface area (Å²) in [5.74, 6) is 1.54. The second-order valence-electron chi connectivity index (χ2n) is 10.8. The Morgan fingerprint density at radius 1 is 1.20 bits per heavy atom. The number of nitrogens with zero attached hydrogens (tertiary/aromatic N) is 4. The lowest BCUT2D eigenvalue weighted by atomic mass is 9.73. The molecule has 2 atom stereocenters. The van der Waals surface area contributed by atoms with Gasteiger partial charge in [-0.15, -0.1) is 0 Å². The van der Waals surface area contributed by atoms with Gasteiger partial charge in [-0.1, -0.05) is 17.7 Å². The SMILES string of the molecule is Cc1nccn1CC1=Cc2cc(Cl)ccc2C(C2CCN(C(=O)Nc3ccc(C#N)cc3)CC2)C2NC=C(Br)C=C12. The number of carbonyl (C=O) groups excluding carboxylic acids is 1. The first-order valence-corrected chi connectivity index (χ1v) is 14.9. The molecular weight excluding hydrogens is 600 g/mol. The summed E-state index contributed by atoms with van der Waals surface area (Å²) in [7, 11) is 0. The molecule has 0 radical (unpaired) electrons. The Kier molecular flexibility index (Phi) is 7.74. The maximum absolute atomic E-state index is 13.1. The van der Waals surface area contributed by atoms with Crippen LogP contribution in [0.1, 0.15) is 41.3 Å². The van der Waals surface area contributed by atoms with Crippen LogP contribution in [0.2, 0.25) is 5.02 Å². The topological polar surface area (TPSA) is 86.0 Å². The number of dihydropyridines is 1. The fourth-order valence-electron chi connectivity index (χ4n) is 6.26. The van der Waals surface area contributed by atoms with Crippen LogP contribution in [0, 0.1) is 24.2 Å². The summed E-state index contributed by atoms with van der Waals surface area (Å²) in [6, 6.07) is 15.3. The number of allylic oxidation sites excluding steroid dienone is 2. The standard InChI is InChI=1S/C32H30BrClN6O/c1-20-36-10-13-40(20)19-24-14-23-15-26(34)4-7-28(23)30(31-29(24)16-25(33)18-37-31)22-8-11-39(12-9-22)32(41)38-27-5-2-21(17-35)3-6-27/h2-7,10,13-16,18,22,30-31,37H,8-9,11-12,19H2,1H3,(H,38,41). The third kappa shape index (κ3) is 5.70. The molecule has 1 aromatic heterocycles. The van der Waals surface area contributed by atoms with Gasteiger partial charge in [-0.3, -0.25) is 0 Å². The molecule has 1 aliphatic carbocycles. The Morgan fingerprint density at radius 3 is 2.68 bits per heavy atom. The van der Waals surface area contributed by atoms with E-state index in [-0.39, 0.29) is 18.0 Å². The van der Waals surface area contributed by atoms with Gasteiger partial charge in [0.05, 0.1) is 17.7 Å². The molecule has 0 saturated carbocycles. The monoisotopic (exact) mass is 628 g/mol. The number of piperidine rings is 1. The van der Waals surface area contributed by atoms with Crippen LogP contribution in [0.4, 0.5) is 10.5 Å². The lowest BCUT2D eigenvalue weighted by Gasteiger charge is -2.41. The molecule has 2 aromatic carbocycles. The number of hydrogen-bond acceptors (Lipinski definition) is 4. The predicted octanol–water partition coefficient (Wildman–Crippen LogP) is 6.98. The van der Waals surface area contributed by atoms with E-state index < -0.39 is 0 Å². The van der Waals surface area contributed by atoms with Gasteiger partial charge in [0.2, 0.25) is 0 Å². The van der Waals surface area contributed by atoms with Gasteiger partial charge in [0.15, 0.2) is 0 Å². The average Bonchev–Trinajstić information content (AvgIpc) is 3.33. The van der Waals surface area contributed by atoms with E-state index in [9.17, 15) is 4.79 Å². The smallest absolute Gasteiger partial charge is 0.321 e. The molecule has 7 nitrogen and oxygen atoms in total. The second-order valence-corrected chi connectivity index (χ2v) is 12.1. The van der Waals surface area contributed by atoms with Crippen molar-refractivity contribution < 1.29 is 4.79 Å². The van der Waals surface area contributed by atoms with Crippen molar-refractivity contribution in [3.63, 3.8) is 0 Å². The summed E-state index contributed by atoms with van der Waals surface area (Å²) in [6.07, 6.45) is 12.2. The number of fused-ring (bicyclic) bond motifs is 2. The maximum Gasteiger partial charge on any atom is 0.321 e. The fraction of sp³-hybridized carbons (Fsp3) is 0.281. The zero-order chi connectivity index (χ0) is 28.5. The van der Waals surface area contributed by atoms with E-state index in [0.717, 1.165) is 33.7 Å². The molecule has 0 bridgehead atoms.